The largest absolute Gasteiger partial charge is 0.497 e. The van der Waals surface area contributed by atoms with Gasteiger partial charge in [0.25, 0.3) is 0 Å². The van der Waals surface area contributed by atoms with Crippen molar-refractivity contribution >= 4 is 47.0 Å². The normalized spacial score (nSPS) is 21.7. The highest BCUT2D eigenvalue weighted by atomic mass is 35.5. The van der Waals surface area contributed by atoms with Crippen LogP contribution in [0, 0.1) is 0 Å². The number of benzene rings is 3. The summed E-state index contributed by atoms with van der Waals surface area (Å²) in [6.45, 7) is 5.71. The minimum atomic E-state index is -1.46. The van der Waals surface area contributed by atoms with Gasteiger partial charge < -0.3 is 9.47 Å². The number of methoxy groups -OCH3 is 1. The van der Waals surface area contributed by atoms with E-state index in [1.54, 1.807) is 61.7 Å². The molecular formula is C27H24Cl3N2O3. The Hall–Kier alpha value is -2.73. The number of ether oxygens (including phenoxy) is 2. The molecule has 3 aromatic carbocycles. The van der Waals surface area contributed by atoms with Crippen molar-refractivity contribution in [3.8, 4) is 11.5 Å². The smallest absolute Gasteiger partial charge is 0.320 e. The maximum Gasteiger partial charge on any atom is 0.320 e. The molecular weight excluding hydrogens is 507 g/mol. The van der Waals surface area contributed by atoms with Gasteiger partial charge in [0, 0.05) is 16.1 Å². The molecule has 8 heteroatoms. The molecule has 1 heterocycles. The van der Waals surface area contributed by atoms with Gasteiger partial charge in [0.05, 0.1) is 18.8 Å². The Morgan fingerprint density at radius 2 is 1.51 bits per heavy atom. The van der Waals surface area contributed by atoms with Gasteiger partial charge in [-0.1, -0.05) is 59.1 Å². The minimum Gasteiger partial charge on any atom is -0.497 e. The Morgan fingerprint density at radius 1 is 0.943 bits per heavy atom. The summed E-state index contributed by atoms with van der Waals surface area (Å²) in [6, 6.07) is 19.6. The van der Waals surface area contributed by atoms with Crippen LogP contribution in [0.15, 0.2) is 71.7 Å². The molecule has 0 saturated heterocycles. The number of aliphatic imine (C=N–C) groups is 1. The Bertz CT molecular complexity index is 1260. The number of carbonyl (C=O) groups excluding carboxylic acids is 1. The maximum absolute atomic E-state index is 12.6. The second kappa shape index (κ2) is 9.73. The number of nitrogens with zero attached hydrogens (tertiary/aromatic N) is 2. The first-order valence-corrected chi connectivity index (χ1v) is 12.1. The van der Waals surface area contributed by atoms with E-state index in [0.717, 1.165) is 5.56 Å². The summed E-state index contributed by atoms with van der Waals surface area (Å²) in [5, 5.41) is 1.12. The first kappa shape index (κ1) is 25.4. The number of amidine groups is 1. The standard InChI is InChI=1S/C27H24Cl3N2O3/c1-17(2)35-24-15-22(34-4)13-14-23(24)25-31-26(3,18-5-9-20(28)10-6-18)27(30,32(25)16-33)19-7-11-21(29)12-8-19/h5-15,17H,1-4H3/t26-,27-/m0/s1. The highest BCUT2D eigenvalue weighted by Gasteiger charge is 2.60. The second-order valence-corrected chi connectivity index (χ2v) is 10.0. The zero-order valence-electron chi connectivity index (χ0n) is 19.7. The predicted molar refractivity (Wildman–Crippen MR) is 141 cm³/mol. The van der Waals surface area contributed by atoms with E-state index in [2.05, 4.69) is 0 Å². The van der Waals surface area contributed by atoms with Gasteiger partial charge in [-0.25, -0.2) is 0 Å². The molecule has 0 unspecified atom stereocenters. The van der Waals surface area contributed by atoms with E-state index in [-0.39, 0.29) is 6.10 Å². The molecule has 181 valence electrons. The number of hydrogen-bond donors (Lipinski definition) is 0. The highest BCUT2D eigenvalue weighted by molar-refractivity contribution is 6.31. The molecule has 0 saturated carbocycles. The fourth-order valence-electron chi connectivity index (χ4n) is 4.26. The van der Waals surface area contributed by atoms with E-state index >= 15 is 0 Å². The molecule has 2 atom stereocenters. The first-order valence-electron chi connectivity index (χ1n) is 11.0. The summed E-state index contributed by atoms with van der Waals surface area (Å²) in [5.74, 6) is 1.44. The van der Waals surface area contributed by atoms with Crippen LogP contribution >= 0.6 is 34.8 Å². The third-order valence-corrected chi connectivity index (χ3v) is 7.27. The van der Waals surface area contributed by atoms with Gasteiger partial charge in [0.1, 0.15) is 22.9 Å². The van der Waals surface area contributed by atoms with Crippen molar-refractivity contribution in [3.63, 3.8) is 0 Å². The minimum absolute atomic E-state index is 0.129. The van der Waals surface area contributed by atoms with E-state index < -0.39 is 10.5 Å². The molecule has 0 aliphatic carbocycles. The van der Waals surface area contributed by atoms with Gasteiger partial charge in [0.15, 0.2) is 5.00 Å². The third-order valence-electron chi connectivity index (χ3n) is 6.01. The first-order chi connectivity index (χ1) is 16.6. The van der Waals surface area contributed by atoms with Crippen molar-refractivity contribution in [3.05, 3.63) is 93.5 Å². The summed E-state index contributed by atoms with van der Waals surface area (Å²) in [4.78, 5) is 17.5. The molecule has 0 spiro atoms. The molecule has 0 N–H and O–H groups in total. The number of halogens is 3. The van der Waals surface area contributed by atoms with Crippen molar-refractivity contribution in [1.82, 2.24) is 4.90 Å². The van der Waals surface area contributed by atoms with Crippen LogP contribution in [-0.4, -0.2) is 30.4 Å². The van der Waals surface area contributed by atoms with Gasteiger partial charge in [-0.3, -0.25) is 14.7 Å². The zero-order valence-corrected chi connectivity index (χ0v) is 21.9. The fourth-order valence-corrected chi connectivity index (χ4v) is 4.91. The molecule has 0 fully saturated rings. The van der Waals surface area contributed by atoms with Crippen LogP contribution in [0.2, 0.25) is 10.0 Å². The average Bonchev–Trinajstić information content (AvgIpc) is 3.07. The Morgan fingerprint density at radius 3 is 2.03 bits per heavy atom. The molecule has 0 bridgehead atoms. The van der Waals surface area contributed by atoms with E-state index in [1.807, 2.05) is 39.3 Å². The zero-order chi connectivity index (χ0) is 25.4. The lowest BCUT2D eigenvalue weighted by Gasteiger charge is -2.41. The monoisotopic (exact) mass is 529 g/mol. The van der Waals surface area contributed by atoms with Crippen molar-refractivity contribution in [2.45, 2.75) is 37.4 Å². The predicted octanol–water partition coefficient (Wildman–Crippen LogP) is 6.93. The van der Waals surface area contributed by atoms with E-state index in [0.29, 0.717) is 38.5 Å². The molecule has 1 radical (unpaired) electrons. The quantitative estimate of drug-likeness (QED) is 0.246. The summed E-state index contributed by atoms with van der Waals surface area (Å²) < 4.78 is 11.5. The lowest BCUT2D eigenvalue weighted by atomic mass is 9.81. The van der Waals surface area contributed by atoms with Gasteiger partial charge in [-0.05, 0) is 68.3 Å². The SMILES string of the molecule is COc1ccc(C2=N[C@@](C)(c3ccc(Cl)cc3)[C@](Cl)(c3ccc(Cl)cc3)N2[C]=O)c(OC(C)C)c1. The lowest BCUT2D eigenvalue weighted by molar-refractivity contribution is 0.239. The van der Waals surface area contributed by atoms with Gasteiger partial charge >= 0.3 is 6.41 Å². The Balaban J connectivity index is 1.99. The lowest BCUT2D eigenvalue weighted by Crippen LogP contribution is -2.50. The van der Waals surface area contributed by atoms with Crippen LogP contribution in [-0.2, 0) is 15.3 Å². The number of amides is 1. The number of hydrogen-bond acceptors (Lipinski definition) is 4. The topological polar surface area (TPSA) is 51.1 Å². The summed E-state index contributed by atoms with van der Waals surface area (Å²) in [7, 11) is 1.58. The number of rotatable bonds is 7. The van der Waals surface area contributed by atoms with Crippen LogP contribution in [0.25, 0.3) is 0 Å². The molecule has 0 aromatic heterocycles. The summed E-state index contributed by atoms with van der Waals surface area (Å²) in [6.07, 6.45) is 1.91. The summed E-state index contributed by atoms with van der Waals surface area (Å²) >= 11 is 19.8. The van der Waals surface area contributed by atoms with Crippen LogP contribution < -0.4 is 9.47 Å². The van der Waals surface area contributed by atoms with E-state index in [4.69, 9.17) is 49.3 Å². The molecule has 1 aliphatic rings. The Kier molecular flexibility index (Phi) is 7.05. The molecule has 35 heavy (non-hydrogen) atoms. The molecule has 5 nitrogen and oxygen atoms in total. The van der Waals surface area contributed by atoms with Crippen molar-refractivity contribution in [1.29, 1.82) is 0 Å². The molecule has 1 amide bonds. The molecule has 3 aromatic rings. The second-order valence-electron chi connectivity index (χ2n) is 8.60. The molecule has 4 rings (SSSR count). The maximum atomic E-state index is 12.6. The van der Waals surface area contributed by atoms with E-state index in [1.165, 1.54) is 4.90 Å². The Labute approximate surface area is 220 Å². The fraction of sp³-hybridized carbons (Fsp3) is 0.259. The van der Waals surface area contributed by atoms with Crippen LogP contribution in [0.1, 0.15) is 37.5 Å². The van der Waals surface area contributed by atoms with Crippen molar-refractivity contribution < 1.29 is 14.3 Å². The average molecular weight is 531 g/mol. The van der Waals surface area contributed by atoms with Crippen LogP contribution in [0.5, 0.6) is 11.5 Å². The molecule has 1 aliphatic heterocycles. The van der Waals surface area contributed by atoms with Gasteiger partial charge in [-0.2, -0.15) is 0 Å². The number of alkyl halides is 1. The highest BCUT2D eigenvalue weighted by Crippen LogP contribution is 2.55. The summed E-state index contributed by atoms with van der Waals surface area (Å²) in [5.41, 5.74) is 0.860. The van der Waals surface area contributed by atoms with Crippen molar-refractivity contribution in [2.24, 2.45) is 4.99 Å². The van der Waals surface area contributed by atoms with E-state index in [9.17, 15) is 4.79 Å². The van der Waals surface area contributed by atoms with Crippen molar-refractivity contribution in [2.75, 3.05) is 7.11 Å². The van der Waals surface area contributed by atoms with Gasteiger partial charge in [0.2, 0.25) is 0 Å². The third kappa shape index (κ3) is 4.37. The van der Waals surface area contributed by atoms with Crippen LogP contribution in [0.4, 0.5) is 0 Å². The van der Waals surface area contributed by atoms with Gasteiger partial charge in [-0.15, -0.1) is 0 Å². The van der Waals surface area contributed by atoms with Crippen LogP contribution in [0.3, 0.4) is 0 Å².